The van der Waals surface area contributed by atoms with Gasteiger partial charge in [0.15, 0.2) is 5.78 Å². The Labute approximate surface area is 122 Å². The fourth-order valence-electron chi connectivity index (χ4n) is 2.90. The molecule has 1 aromatic carbocycles. The lowest BCUT2D eigenvalue weighted by Gasteiger charge is -2.12. The number of carbonyl (C=O) groups is 2. The molecule has 3 atom stereocenters. The molecule has 0 radical (unpaired) electrons. The topological polar surface area (TPSA) is 66.4 Å². The SMILES string of the molecule is O=C(O)[C@H]1C[C@@H]1C(=O)c1ccc(C2CCNC2)c(Cl)c1. The van der Waals surface area contributed by atoms with Crippen molar-refractivity contribution in [2.45, 2.75) is 18.8 Å². The zero-order chi connectivity index (χ0) is 14.3. The molecule has 1 saturated carbocycles. The van der Waals surface area contributed by atoms with E-state index < -0.39 is 11.9 Å². The predicted octanol–water partition coefficient (Wildman–Crippen LogP) is 2.32. The lowest BCUT2D eigenvalue weighted by molar-refractivity contribution is -0.138. The maximum atomic E-state index is 12.2. The molecular formula is C15H16ClNO3. The average molecular weight is 294 g/mol. The smallest absolute Gasteiger partial charge is 0.307 e. The Hall–Kier alpha value is -1.39. The van der Waals surface area contributed by atoms with Crippen molar-refractivity contribution in [3.8, 4) is 0 Å². The summed E-state index contributed by atoms with van der Waals surface area (Å²) in [5.74, 6) is -1.47. The highest BCUT2D eigenvalue weighted by molar-refractivity contribution is 6.31. The van der Waals surface area contributed by atoms with E-state index in [2.05, 4.69) is 5.32 Å². The van der Waals surface area contributed by atoms with Crippen LogP contribution < -0.4 is 5.32 Å². The minimum absolute atomic E-state index is 0.101. The maximum absolute atomic E-state index is 12.2. The highest BCUT2D eigenvalue weighted by Crippen LogP contribution is 2.41. The number of carbonyl (C=O) groups excluding carboxylic acids is 1. The van der Waals surface area contributed by atoms with Gasteiger partial charge in [-0.05, 0) is 36.9 Å². The van der Waals surface area contributed by atoms with E-state index in [1.165, 1.54) is 0 Å². The van der Waals surface area contributed by atoms with E-state index in [4.69, 9.17) is 16.7 Å². The average Bonchev–Trinajstić information content (AvgIpc) is 3.05. The molecule has 20 heavy (non-hydrogen) atoms. The van der Waals surface area contributed by atoms with E-state index in [1.54, 1.807) is 12.1 Å². The van der Waals surface area contributed by atoms with Gasteiger partial charge < -0.3 is 10.4 Å². The van der Waals surface area contributed by atoms with E-state index in [1.807, 2.05) is 6.07 Å². The lowest BCUT2D eigenvalue weighted by Crippen LogP contribution is -2.10. The number of aliphatic carboxylic acids is 1. The van der Waals surface area contributed by atoms with Crippen molar-refractivity contribution in [1.82, 2.24) is 5.32 Å². The number of halogens is 1. The summed E-state index contributed by atoms with van der Waals surface area (Å²) in [5.41, 5.74) is 1.59. The molecule has 5 heteroatoms. The Morgan fingerprint density at radius 1 is 1.30 bits per heavy atom. The van der Waals surface area contributed by atoms with Gasteiger partial charge in [-0.3, -0.25) is 9.59 Å². The minimum Gasteiger partial charge on any atom is -0.481 e. The molecule has 1 aliphatic carbocycles. The molecule has 106 valence electrons. The van der Waals surface area contributed by atoms with Crippen LogP contribution in [-0.4, -0.2) is 29.9 Å². The number of carboxylic acids is 1. The van der Waals surface area contributed by atoms with Gasteiger partial charge in [0.25, 0.3) is 0 Å². The first-order valence-corrected chi connectivity index (χ1v) is 7.23. The van der Waals surface area contributed by atoms with Crippen LogP contribution >= 0.6 is 11.6 Å². The Kier molecular flexibility index (Phi) is 3.52. The van der Waals surface area contributed by atoms with Crippen LogP contribution in [0, 0.1) is 11.8 Å². The van der Waals surface area contributed by atoms with Gasteiger partial charge in [-0.1, -0.05) is 23.7 Å². The van der Waals surface area contributed by atoms with Crippen molar-refractivity contribution < 1.29 is 14.7 Å². The second kappa shape index (κ2) is 5.19. The van der Waals surface area contributed by atoms with Crippen molar-refractivity contribution in [1.29, 1.82) is 0 Å². The van der Waals surface area contributed by atoms with Gasteiger partial charge in [-0.25, -0.2) is 0 Å². The molecular weight excluding hydrogens is 278 g/mol. The van der Waals surface area contributed by atoms with Crippen LogP contribution in [-0.2, 0) is 4.79 Å². The number of nitrogens with one attached hydrogen (secondary N) is 1. The third kappa shape index (κ3) is 2.45. The van der Waals surface area contributed by atoms with Crippen molar-refractivity contribution in [2.24, 2.45) is 11.8 Å². The van der Waals surface area contributed by atoms with Gasteiger partial charge in [0.2, 0.25) is 0 Å². The van der Waals surface area contributed by atoms with Crippen LogP contribution in [0.3, 0.4) is 0 Å². The minimum atomic E-state index is -0.886. The van der Waals surface area contributed by atoms with E-state index in [0.717, 1.165) is 25.1 Å². The van der Waals surface area contributed by atoms with Crippen LogP contribution in [0.5, 0.6) is 0 Å². The quantitative estimate of drug-likeness (QED) is 0.836. The number of rotatable bonds is 4. The molecule has 0 spiro atoms. The molecule has 1 aliphatic heterocycles. The van der Waals surface area contributed by atoms with Crippen molar-refractivity contribution in [3.63, 3.8) is 0 Å². The van der Waals surface area contributed by atoms with Crippen LogP contribution in [0.1, 0.15) is 34.7 Å². The summed E-state index contributed by atoms with van der Waals surface area (Å²) in [5, 5.41) is 12.8. The van der Waals surface area contributed by atoms with Crippen molar-refractivity contribution in [3.05, 3.63) is 34.3 Å². The summed E-state index contributed by atoms with van der Waals surface area (Å²) >= 11 is 6.28. The zero-order valence-corrected chi connectivity index (χ0v) is 11.7. The molecule has 2 fully saturated rings. The normalized spacial score (nSPS) is 28.4. The van der Waals surface area contributed by atoms with Gasteiger partial charge in [-0.2, -0.15) is 0 Å². The summed E-state index contributed by atoms with van der Waals surface area (Å²) in [6.45, 7) is 1.90. The molecule has 1 heterocycles. The van der Waals surface area contributed by atoms with Gasteiger partial charge >= 0.3 is 5.97 Å². The summed E-state index contributed by atoms with van der Waals surface area (Å²) in [4.78, 5) is 23.0. The number of carboxylic acid groups (broad SMARTS) is 1. The van der Waals surface area contributed by atoms with Crippen LogP contribution in [0.4, 0.5) is 0 Å². The standard InChI is InChI=1S/C15H16ClNO3/c16-13-5-8(14(18)11-6-12(11)15(19)20)1-2-10(13)9-3-4-17-7-9/h1-2,5,9,11-12,17H,3-4,6-7H2,(H,19,20)/t9?,11-,12-/m0/s1. The highest BCUT2D eigenvalue weighted by Gasteiger charge is 2.48. The van der Waals surface area contributed by atoms with Gasteiger partial charge in [0.05, 0.1) is 5.92 Å². The highest BCUT2D eigenvalue weighted by atomic mass is 35.5. The van der Waals surface area contributed by atoms with Crippen LogP contribution in [0.2, 0.25) is 5.02 Å². The molecule has 1 saturated heterocycles. The van der Waals surface area contributed by atoms with E-state index >= 15 is 0 Å². The Morgan fingerprint density at radius 2 is 2.10 bits per heavy atom. The third-order valence-electron chi connectivity index (χ3n) is 4.23. The fourth-order valence-corrected chi connectivity index (χ4v) is 3.24. The van der Waals surface area contributed by atoms with Crippen molar-refractivity contribution in [2.75, 3.05) is 13.1 Å². The molecule has 2 N–H and O–H groups in total. The predicted molar refractivity (Wildman–Crippen MR) is 75.2 cm³/mol. The van der Waals surface area contributed by atoms with E-state index in [9.17, 15) is 9.59 Å². The summed E-state index contributed by atoms with van der Waals surface area (Å²) < 4.78 is 0. The first-order valence-electron chi connectivity index (χ1n) is 6.85. The van der Waals surface area contributed by atoms with E-state index in [0.29, 0.717) is 22.9 Å². The molecule has 1 aromatic rings. The summed E-state index contributed by atoms with van der Waals surface area (Å²) in [6.07, 6.45) is 1.50. The zero-order valence-electron chi connectivity index (χ0n) is 10.9. The van der Waals surface area contributed by atoms with Crippen LogP contribution in [0.25, 0.3) is 0 Å². The number of ketones is 1. The maximum Gasteiger partial charge on any atom is 0.307 e. The molecule has 3 rings (SSSR count). The molecule has 0 bridgehead atoms. The second-order valence-electron chi connectivity index (χ2n) is 5.58. The van der Waals surface area contributed by atoms with E-state index in [-0.39, 0.29) is 11.7 Å². The first-order chi connectivity index (χ1) is 9.58. The third-order valence-corrected chi connectivity index (χ3v) is 4.56. The Balaban J connectivity index is 1.77. The number of Topliss-reactive ketones (excluding diaryl/α,β-unsaturated/α-hetero) is 1. The Morgan fingerprint density at radius 3 is 2.65 bits per heavy atom. The van der Waals surface area contributed by atoms with Crippen LogP contribution in [0.15, 0.2) is 18.2 Å². The number of hydrogen-bond acceptors (Lipinski definition) is 3. The second-order valence-corrected chi connectivity index (χ2v) is 5.98. The summed E-state index contributed by atoms with van der Waals surface area (Å²) in [6, 6.07) is 5.37. The number of hydrogen-bond donors (Lipinski definition) is 2. The fraction of sp³-hybridized carbons (Fsp3) is 0.467. The monoisotopic (exact) mass is 293 g/mol. The largest absolute Gasteiger partial charge is 0.481 e. The molecule has 2 aliphatic rings. The lowest BCUT2D eigenvalue weighted by atomic mass is 9.95. The summed E-state index contributed by atoms with van der Waals surface area (Å²) in [7, 11) is 0. The molecule has 0 aromatic heterocycles. The molecule has 1 unspecified atom stereocenters. The molecule has 4 nitrogen and oxygen atoms in total. The first kappa shape index (κ1) is 13.6. The molecule has 0 amide bonds. The van der Waals surface area contributed by atoms with Gasteiger partial charge in [-0.15, -0.1) is 0 Å². The van der Waals surface area contributed by atoms with Crippen molar-refractivity contribution >= 4 is 23.4 Å². The number of benzene rings is 1. The Bertz CT molecular complexity index is 566. The van der Waals surface area contributed by atoms with Gasteiger partial charge in [0.1, 0.15) is 0 Å². The van der Waals surface area contributed by atoms with Gasteiger partial charge in [0, 0.05) is 23.0 Å².